The van der Waals surface area contributed by atoms with Crippen LogP contribution in [0.4, 0.5) is 4.39 Å². The molecule has 0 saturated carbocycles. The summed E-state index contributed by atoms with van der Waals surface area (Å²) < 4.78 is 18.4. The van der Waals surface area contributed by atoms with Crippen LogP contribution in [0, 0.1) is 19.7 Å². The van der Waals surface area contributed by atoms with Crippen LogP contribution in [0.3, 0.4) is 0 Å². The minimum atomic E-state index is -0.352. The molecule has 5 aromatic rings. The van der Waals surface area contributed by atoms with E-state index in [-0.39, 0.29) is 23.7 Å². The Kier molecular flexibility index (Phi) is 4.97. The summed E-state index contributed by atoms with van der Waals surface area (Å²) in [5.41, 5.74) is 3.47. The zero-order chi connectivity index (χ0) is 23.1. The molecular weight excluding hydrogens is 421 g/mol. The van der Waals surface area contributed by atoms with Gasteiger partial charge in [0.25, 0.3) is 5.56 Å². The van der Waals surface area contributed by atoms with Crippen LogP contribution >= 0.6 is 0 Å². The fourth-order valence-electron chi connectivity index (χ4n) is 4.12. The summed E-state index contributed by atoms with van der Waals surface area (Å²) in [6.45, 7) is 3.50. The molecule has 5 rings (SSSR count). The Morgan fingerprint density at radius 2 is 1.76 bits per heavy atom. The zero-order valence-electron chi connectivity index (χ0n) is 18.1. The molecule has 3 heterocycles. The van der Waals surface area contributed by atoms with Gasteiger partial charge in [-0.25, -0.2) is 14.1 Å². The molecule has 0 fully saturated rings. The van der Waals surface area contributed by atoms with E-state index in [1.807, 2.05) is 41.8 Å². The summed E-state index contributed by atoms with van der Waals surface area (Å²) in [7, 11) is 0. The first kappa shape index (κ1) is 20.6. The van der Waals surface area contributed by atoms with Crippen molar-refractivity contribution < 1.29 is 9.18 Å². The number of rotatable bonds is 5. The summed E-state index contributed by atoms with van der Waals surface area (Å²) in [6, 6.07) is 17.4. The first-order chi connectivity index (χ1) is 15.9. The fourth-order valence-corrected chi connectivity index (χ4v) is 4.12. The topological polar surface area (TPSA) is 74.7 Å². The lowest BCUT2D eigenvalue weighted by Gasteiger charge is -2.10. The van der Waals surface area contributed by atoms with Crippen molar-refractivity contribution in [3.05, 3.63) is 106 Å². The maximum Gasteiger partial charge on any atom is 0.264 e. The predicted molar refractivity (Wildman–Crippen MR) is 123 cm³/mol. The normalized spacial score (nSPS) is 11.2. The minimum absolute atomic E-state index is 0.161. The van der Waals surface area contributed by atoms with E-state index in [9.17, 15) is 14.0 Å². The number of carbonyl (C=O) groups is 1. The van der Waals surface area contributed by atoms with Gasteiger partial charge in [0.2, 0.25) is 0 Å². The van der Waals surface area contributed by atoms with Gasteiger partial charge in [0.1, 0.15) is 17.5 Å². The summed E-state index contributed by atoms with van der Waals surface area (Å²) in [6.07, 6.45) is 2.84. The third kappa shape index (κ3) is 3.55. The number of carbonyl (C=O) groups excluding carboxylic acids is 1. The number of Topliss-reactive ketones (excluding diaryl/α,β-unsaturated/α-hetero) is 1. The quantitative estimate of drug-likeness (QED) is 0.386. The Morgan fingerprint density at radius 3 is 2.52 bits per heavy atom. The Hall–Kier alpha value is -4.33. The molecule has 8 heteroatoms. The highest BCUT2D eigenvalue weighted by Gasteiger charge is 2.19. The van der Waals surface area contributed by atoms with Gasteiger partial charge in [-0.2, -0.15) is 5.10 Å². The number of halogens is 1. The van der Waals surface area contributed by atoms with Crippen LogP contribution in [0.2, 0.25) is 0 Å². The molecular formula is C25H20FN5O2. The predicted octanol–water partition coefficient (Wildman–Crippen LogP) is 4.01. The van der Waals surface area contributed by atoms with Crippen molar-refractivity contribution in [1.82, 2.24) is 23.9 Å². The molecule has 0 amide bonds. The third-order valence-corrected chi connectivity index (χ3v) is 5.67. The molecule has 0 radical (unpaired) electrons. The second-order valence-corrected chi connectivity index (χ2v) is 7.83. The second kappa shape index (κ2) is 7.98. The van der Waals surface area contributed by atoms with Gasteiger partial charge in [-0.05, 0) is 50.2 Å². The number of para-hydroxylation sites is 1. The summed E-state index contributed by atoms with van der Waals surface area (Å²) in [4.78, 5) is 30.5. The van der Waals surface area contributed by atoms with Crippen LogP contribution in [0.1, 0.15) is 21.7 Å². The zero-order valence-corrected chi connectivity index (χ0v) is 18.1. The van der Waals surface area contributed by atoms with E-state index < -0.39 is 0 Å². The highest BCUT2D eigenvalue weighted by molar-refractivity contribution is 5.97. The molecule has 0 N–H and O–H groups in total. The van der Waals surface area contributed by atoms with Crippen molar-refractivity contribution in [3.8, 4) is 11.4 Å². The molecule has 2 aromatic carbocycles. The first-order valence-electron chi connectivity index (χ1n) is 10.4. The number of nitrogens with zero attached hydrogens (tertiary/aromatic N) is 5. The van der Waals surface area contributed by atoms with E-state index in [1.165, 1.54) is 29.2 Å². The average Bonchev–Trinajstić information content (AvgIpc) is 3.37. The Morgan fingerprint density at radius 1 is 1.00 bits per heavy atom. The number of hydrogen-bond donors (Lipinski definition) is 0. The van der Waals surface area contributed by atoms with Gasteiger partial charge in [-0.15, -0.1) is 0 Å². The van der Waals surface area contributed by atoms with Crippen molar-refractivity contribution in [1.29, 1.82) is 0 Å². The lowest BCUT2D eigenvalue weighted by atomic mass is 10.1. The lowest BCUT2D eigenvalue weighted by Crippen LogP contribution is -2.24. The van der Waals surface area contributed by atoms with E-state index in [2.05, 4.69) is 10.1 Å². The van der Waals surface area contributed by atoms with E-state index >= 15 is 0 Å². The largest absolute Gasteiger partial charge is 0.318 e. The summed E-state index contributed by atoms with van der Waals surface area (Å²) in [5, 5.41) is 4.63. The number of aromatic nitrogens is 5. The van der Waals surface area contributed by atoms with Crippen LogP contribution in [-0.2, 0) is 6.54 Å². The number of ketones is 1. The molecule has 0 spiro atoms. The van der Waals surface area contributed by atoms with E-state index in [1.54, 1.807) is 29.8 Å². The van der Waals surface area contributed by atoms with Gasteiger partial charge in [-0.1, -0.05) is 24.3 Å². The number of fused-ring (bicyclic) bond motifs is 1. The minimum Gasteiger partial charge on any atom is -0.318 e. The Bertz CT molecular complexity index is 1560. The molecule has 0 aliphatic rings. The van der Waals surface area contributed by atoms with Crippen LogP contribution in [-0.4, -0.2) is 29.7 Å². The van der Waals surface area contributed by atoms with Gasteiger partial charge < -0.3 is 4.57 Å². The Balaban J connectivity index is 1.48. The third-order valence-electron chi connectivity index (χ3n) is 5.67. The van der Waals surface area contributed by atoms with Gasteiger partial charge in [-0.3, -0.25) is 14.2 Å². The van der Waals surface area contributed by atoms with Crippen LogP contribution in [0.5, 0.6) is 0 Å². The van der Waals surface area contributed by atoms with Gasteiger partial charge in [0.15, 0.2) is 11.4 Å². The standard InChI is InChI=1S/C25H20FN5O2/c1-16-11-21(17(2)30(16)20-10-6-7-18(26)12-20)23(32)14-29-15-27-24-22(25(29)33)13-28-31(24)19-8-4-3-5-9-19/h3-13,15H,14H2,1-2H3. The number of aryl methyl sites for hydroxylation is 1. The summed E-state index contributed by atoms with van der Waals surface area (Å²) >= 11 is 0. The highest BCUT2D eigenvalue weighted by Crippen LogP contribution is 2.22. The molecule has 7 nitrogen and oxygen atoms in total. The van der Waals surface area contributed by atoms with Crippen LogP contribution < -0.4 is 5.56 Å². The van der Waals surface area contributed by atoms with E-state index in [4.69, 9.17) is 0 Å². The smallest absolute Gasteiger partial charge is 0.264 e. The molecule has 0 bridgehead atoms. The SMILES string of the molecule is Cc1cc(C(=O)Cn2cnc3c(cnn3-c3ccccc3)c2=O)c(C)n1-c1cccc(F)c1. The molecule has 0 saturated heterocycles. The molecule has 0 atom stereocenters. The highest BCUT2D eigenvalue weighted by atomic mass is 19.1. The molecule has 33 heavy (non-hydrogen) atoms. The molecule has 0 unspecified atom stereocenters. The molecule has 3 aromatic heterocycles. The van der Waals surface area contributed by atoms with E-state index in [0.29, 0.717) is 28.0 Å². The van der Waals surface area contributed by atoms with E-state index in [0.717, 1.165) is 11.4 Å². The van der Waals surface area contributed by atoms with Crippen molar-refractivity contribution in [2.75, 3.05) is 0 Å². The van der Waals surface area contributed by atoms with Crippen molar-refractivity contribution in [3.63, 3.8) is 0 Å². The second-order valence-electron chi connectivity index (χ2n) is 7.83. The fraction of sp³-hybridized carbons (Fsp3) is 0.120. The molecule has 164 valence electrons. The molecule has 0 aliphatic carbocycles. The lowest BCUT2D eigenvalue weighted by molar-refractivity contribution is 0.0970. The van der Waals surface area contributed by atoms with Gasteiger partial charge >= 0.3 is 0 Å². The van der Waals surface area contributed by atoms with Gasteiger partial charge in [0, 0.05) is 22.6 Å². The number of benzene rings is 2. The monoisotopic (exact) mass is 441 g/mol. The maximum atomic E-state index is 13.7. The first-order valence-corrected chi connectivity index (χ1v) is 10.4. The van der Waals surface area contributed by atoms with Crippen molar-refractivity contribution >= 4 is 16.8 Å². The van der Waals surface area contributed by atoms with Crippen molar-refractivity contribution in [2.24, 2.45) is 0 Å². The maximum absolute atomic E-state index is 13.7. The van der Waals surface area contributed by atoms with Crippen molar-refractivity contribution in [2.45, 2.75) is 20.4 Å². The van der Waals surface area contributed by atoms with Crippen LogP contribution in [0.15, 0.2) is 78.0 Å². The van der Waals surface area contributed by atoms with Gasteiger partial charge in [0.05, 0.1) is 18.4 Å². The Labute approximate surface area is 188 Å². The summed E-state index contributed by atoms with van der Waals surface area (Å²) in [5.74, 6) is -0.584. The molecule has 0 aliphatic heterocycles. The average molecular weight is 441 g/mol. The number of hydrogen-bond acceptors (Lipinski definition) is 4. The van der Waals surface area contributed by atoms with Crippen LogP contribution in [0.25, 0.3) is 22.4 Å².